The average molecular weight is 349 g/mol. The highest BCUT2D eigenvalue weighted by atomic mass is 16.5. The van der Waals surface area contributed by atoms with Crippen molar-refractivity contribution in [1.82, 2.24) is 9.78 Å². The number of para-hydroxylation sites is 1. The molecule has 1 heterocycles. The minimum Gasteiger partial charge on any atom is -0.497 e. The molecule has 0 aliphatic rings. The molecule has 0 unspecified atom stereocenters. The van der Waals surface area contributed by atoms with Crippen molar-refractivity contribution in [2.75, 3.05) is 12.4 Å². The lowest BCUT2D eigenvalue weighted by molar-refractivity contribution is 0.102. The van der Waals surface area contributed by atoms with E-state index in [9.17, 15) is 4.79 Å². The maximum atomic E-state index is 12.7. The molecule has 134 valence electrons. The number of carbonyl (C=O) groups is 1. The van der Waals surface area contributed by atoms with Crippen LogP contribution < -0.4 is 10.1 Å². The van der Waals surface area contributed by atoms with Gasteiger partial charge in [0.05, 0.1) is 18.5 Å². The van der Waals surface area contributed by atoms with Crippen LogP contribution >= 0.6 is 0 Å². The smallest absolute Gasteiger partial charge is 0.256 e. The molecule has 0 saturated carbocycles. The van der Waals surface area contributed by atoms with Crippen LogP contribution in [0.3, 0.4) is 0 Å². The van der Waals surface area contributed by atoms with E-state index >= 15 is 0 Å². The number of benzene rings is 2. The van der Waals surface area contributed by atoms with Gasteiger partial charge in [0.2, 0.25) is 0 Å². The van der Waals surface area contributed by atoms with Crippen molar-refractivity contribution in [3.05, 3.63) is 71.9 Å². The van der Waals surface area contributed by atoms with E-state index in [-0.39, 0.29) is 11.3 Å². The zero-order chi connectivity index (χ0) is 18.7. The summed E-state index contributed by atoms with van der Waals surface area (Å²) in [5.41, 5.74) is 2.20. The predicted octanol–water partition coefficient (Wildman–Crippen LogP) is 4.43. The molecule has 1 aromatic heterocycles. The molecular weight excluding hydrogens is 326 g/mol. The number of methoxy groups -OCH3 is 1. The Morgan fingerprint density at radius 1 is 1.04 bits per heavy atom. The summed E-state index contributed by atoms with van der Waals surface area (Å²) in [5.74, 6) is 1.07. The fourth-order valence-corrected chi connectivity index (χ4v) is 2.56. The number of aromatic nitrogens is 2. The normalized spacial score (nSPS) is 11.2. The lowest BCUT2D eigenvalue weighted by Crippen LogP contribution is -2.15. The monoisotopic (exact) mass is 349 g/mol. The minimum absolute atomic E-state index is 0.129. The van der Waals surface area contributed by atoms with Gasteiger partial charge in [0.15, 0.2) is 0 Å². The van der Waals surface area contributed by atoms with Crippen LogP contribution in [0.25, 0.3) is 5.69 Å². The maximum absolute atomic E-state index is 12.7. The van der Waals surface area contributed by atoms with Crippen LogP contribution in [0.4, 0.5) is 5.82 Å². The summed E-state index contributed by atoms with van der Waals surface area (Å²) < 4.78 is 6.96. The van der Waals surface area contributed by atoms with Crippen LogP contribution in [0.5, 0.6) is 5.75 Å². The van der Waals surface area contributed by atoms with Crippen molar-refractivity contribution in [2.45, 2.75) is 26.2 Å². The lowest BCUT2D eigenvalue weighted by Gasteiger charge is -2.14. The van der Waals surface area contributed by atoms with Crippen LogP contribution in [0, 0.1) is 0 Å². The summed E-state index contributed by atoms with van der Waals surface area (Å²) in [7, 11) is 1.58. The number of ether oxygens (including phenoxy) is 1. The topological polar surface area (TPSA) is 56.1 Å². The van der Waals surface area contributed by atoms with E-state index in [1.54, 1.807) is 30.0 Å². The third kappa shape index (κ3) is 3.77. The Morgan fingerprint density at radius 3 is 2.42 bits per heavy atom. The van der Waals surface area contributed by atoms with Crippen LogP contribution in [-0.4, -0.2) is 22.8 Å². The summed E-state index contributed by atoms with van der Waals surface area (Å²) in [6, 6.07) is 18.8. The van der Waals surface area contributed by atoms with E-state index in [1.807, 2.05) is 42.5 Å². The van der Waals surface area contributed by atoms with E-state index in [1.165, 1.54) is 0 Å². The van der Waals surface area contributed by atoms with Crippen molar-refractivity contribution in [3.8, 4) is 11.4 Å². The third-order valence-electron chi connectivity index (χ3n) is 4.05. The Morgan fingerprint density at radius 2 is 1.77 bits per heavy atom. The number of nitrogens with zero attached hydrogens (tertiary/aromatic N) is 2. The molecule has 0 saturated heterocycles. The van der Waals surface area contributed by atoms with E-state index < -0.39 is 0 Å². The molecule has 0 bridgehead atoms. The standard InChI is InChI=1S/C21H23N3O2/c1-21(2,3)18-14-19(24(23-18)16-10-6-5-7-11-16)22-20(25)15-9-8-12-17(13-15)26-4/h5-14H,1-4H3,(H,22,25). The molecule has 2 aromatic carbocycles. The maximum Gasteiger partial charge on any atom is 0.256 e. The average Bonchev–Trinajstić information content (AvgIpc) is 3.06. The van der Waals surface area contributed by atoms with E-state index in [2.05, 4.69) is 26.1 Å². The van der Waals surface area contributed by atoms with Crippen molar-refractivity contribution >= 4 is 11.7 Å². The molecule has 0 aliphatic heterocycles. The molecule has 3 aromatic rings. The summed E-state index contributed by atoms with van der Waals surface area (Å²) >= 11 is 0. The van der Waals surface area contributed by atoms with Gasteiger partial charge in [-0.3, -0.25) is 4.79 Å². The zero-order valence-electron chi connectivity index (χ0n) is 15.5. The second-order valence-corrected chi connectivity index (χ2v) is 7.10. The first kappa shape index (κ1) is 17.7. The highest BCUT2D eigenvalue weighted by molar-refractivity contribution is 6.04. The Labute approximate surface area is 153 Å². The van der Waals surface area contributed by atoms with Gasteiger partial charge in [0.25, 0.3) is 5.91 Å². The SMILES string of the molecule is COc1cccc(C(=O)Nc2cc(C(C)(C)C)nn2-c2ccccc2)c1. The van der Waals surface area contributed by atoms with E-state index in [0.717, 1.165) is 11.4 Å². The zero-order valence-corrected chi connectivity index (χ0v) is 15.5. The highest BCUT2D eigenvalue weighted by Gasteiger charge is 2.21. The fraction of sp³-hybridized carbons (Fsp3) is 0.238. The molecular formula is C21H23N3O2. The molecule has 3 rings (SSSR count). The van der Waals surface area contributed by atoms with Crippen LogP contribution in [-0.2, 0) is 5.41 Å². The van der Waals surface area contributed by atoms with E-state index in [4.69, 9.17) is 9.84 Å². The second-order valence-electron chi connectivity index (χ2n) is 7.10. The van der Waals surface area contributed by atoms with Gasteiger partial charge in [-0.15, -0.1) is 0 Å². The van der Waals surface area contributed by atoms with Crippen LogP contribution in [0.2, 0.25) is 0 Å². The number of hydrogen-bond donors (Lipinski definition) is 1. The van der Waals surface area contributed by atoms with Gasteiger partial charge in [-0.1, -0.05) is 45.0 Å². The number of rotatable bonds is 4. The summed E-state index contributed by atoms with van der Waals surface area (Å²) in [6.45, 7) is 6.29. The first-order chi connectivity index (χ1) is 12.4. The predicted molar refractivity (Wildman–Crippen MR) is 103 cm³/mol. The molecule has 5 heteroatoms. The molecule has 0 radical (unpaired) electrons. The molecule has 0 aliphatic carbocycles. The number of nitrogens with one attached hydrogen (secondary N) is 1. The third-order valence-corrected chi connectivity index (χ3v) is 4.05. The first-order valence-corrected chi connectivity index (χ1v) is 8.50. The molecule has 0 fully saturated rings. The molecule has 5 nitrogen and oxygen atoms in total. The number of carbonyl (C=O) groups excluding carboxylic acids is 1. The number of amides is 1. The van der Waals surface area contributed by atoms with Gasteiger partial charge in [0.1, 0.15) is 11.6 Å². The number of anilines is 1. The fourth-order valence-electron chi connectivity index (χ4n) is 2.56. The van der Waals surface area contributed by atoms with Gasteiger partial charge in [-0.05, 0) is 30.3 Å². The summed E-state index contributed by atoms with van der Waals surface area (Å²) in [6.07, 6.45) is 0. The first-order valence-electron chi connectivity index (χ1n) is 8.50. The minimum atomic E-state index is -0.207. The Balaban J connectivity index is 1.98. The Hall–Kier alpha value is -3.08. The second kappa shape index (κ2) is 7.04. The number of hydrogen-bond acceptors (Lipinski definition) is 3. The van der Waals surface area contributed by atoms with Crippen molar-refractivity contribution < 1.29 is 9.53 Å². The largest absolute Gasteiger partial charge is 0.497 e. The van der Waals surface area contributed by atoms with Gasteiger partial charge in [0, 0.05) is 17.0 Å². The van der Waals surface area contributed by atoms with Gasteiger partial charge in [-0.2, -0.15) is 5.10 Å². The summed E-state index contributed by atoms with van der Waals surface area (Å²) in [4.78, 5) is 12.7. The lowest BCUT2D eigenvalue weighted by atomic mass is 9.92. The quantitative estimate of drug-likeness (QED) is 0.758. The van der Waals surface area contributed by atoms with Gasteiger partial charge in [-0.25, -0.2) is 4.68 Å². The molecule has 26 heavy (non-hydrogen) atoms. The van der Waals surface area contributed by atoms with Gasteiger partial charge < -0.3 is 10.1 Å². The molecule has 0 spiro atoms. The summed E-state index contributed by atoms with van der Waals surface area (Å²) in [5, 5.41) is 7.68. The van der Waals surface area contributed by atoms with E-state index in [0.29, 0.717) is 17.1 Å². The van der Waals surface area contributed by atoms with Crippen LogP contribution in [0.1, 0.15) is 36.8 Å². The Kier molecular flexibility index (Phi) is 4.80. The molecule has 0 atom stereocenters. The Bertz CT molecular complexity index is 909. The van der Waals surface area contributed by atoms with Crippen molar-refractivity contribution in [3.63, 3.8) is 0 Å². The van der Waals surface area contributed by atoms with Crippen molar-refractivity contribution in [2.24, 2.45) is 0 Å². The molecule has 1 amide bonds. The van der Waals surface area contributed by atoms with Crippen LogP contribution in [0.15, 0.2) is 60.7 Å². The van der Waals surface area contributed by atoms with Gasteiger partial charge >= 0.3 is 0 Å². The van der Waals surface area contributed by atoms with Crippen molar-refractivity contribution in [1.29, 1.82) is 0 Å². The molecule has 1 N–H and O–H groups in total. The highest BCUT2D eigenvalue weighted by Crippen LogP contribution is 2.26.